The summed E-state index contributed by atoms with van der Waals surface area (Å²) in [6.07, 6.45) is 0. The van der Waals surface area contributed by atoms with E-state index in [2.05, 4.69) is 15.6 Å². The maximum atomic E-state index is 12.2. The lowest BCUT2D eigenvalue weighted by molar-refractivity contribution is -0.124. The molecule has 1 fully saturated rings. The van der Waals surface area contributed by atoms with Crippen molar-refractivity contribution >= 4 is 40.7 Å². The Labute approximate surface area is 133 Å². The molecule has 6 nitrogen and oxygen atoms in total. The number of ether oxygens (including phenoxy) is 1. The van der Waals surface area contributed by atoms with E-state index < -0.39 is 6.04 Å². The van der Waals surface area contributed by atoms with Crippen LogP contribution < -0.4 is 15.5 Å². The van der Waals surface area contributed by atoms with Gasteiger partial charge < -0.3 is 20.3 Å². The van der Waals surface area contributed by atoms with E-state index in [1.54, 1.807) is 13.1 Å². The number of nitrogens with one attached hydrogen (secondary N) is 2. The number of carbonyl (C=O) groups excluding carboxylic acids is 1. The molecule has 1 aliphatic rings. The second kappa shape index (κ2) is 7.15. The highest BCUT2D eigenvalue weighted by Crippen LogP contribution is 2.32. The van der Waals surface area contributed by atoms with Crippen LogP contribution in [0.4, 0.5) is 11.6 Å². The summed E-state index contributed by atoms with van der Waals surface area (Å²) in [4.78, 5) is 18.4. The van der Waals surface area contributed by atoms with Gasteiger partial charge in [-0.2, -0.15) is 0 Å². The van der Waals surface area contributed by atoms with Crippen LogP contribution in [-0.2, 0) is 9.53 Å². The van der Waals surface area contributed by atoms with Crippen LogP contribution in [0.25, 0.3) is 0 Å². The minimum atomic E-state index is -0.449. The molecule has 8 heteroatoms. The van der Waals surface area contributed by atoms with Crippen molar-refractivity contribution < 1.29 is 9.53 Å². The van der Waals surface area contributed by atoms with E-state index >= 15 is 0 Å². The number of nitrogens with zero attached hydrogens (tertiary/aromatic N) is 2. The number of aromatic nitrogens is 1. The molecule has 0 bridgehead atoms. The first-order valence-electron chi connectivity index (χ1n) is 6.74. The lowest BCUT2D eigenvalue weighted by atomic mass is 10.2. The zero-order chi connectivity index (χ0) is 15.4. The van der Waals surface area contributed by atoms with Gasteiger partial charge in [0.15, 0.2) is 5.82 Å². The Balaban J connectivity index is 2.35. The number of likely N-dealkylation sites (N-methyl/N-ethyl adjacent to an activating group) is 1. The van der Waals surface area contributed by atoms with E-state index in [9.17, 15) is 4.79 Å². The van der Waals surface area contributed by atoms with Crippen LogP contribution in [0, 0.1) is 0 Å². The van der Waals surface area contributed by atoms with Crippen molar-refractivity contribution in [3.63, 3.8) is 0 Å². The molecule has 2 N–H and O–H groups in total. The molecular formula is C13H18Cl2N4O2. The van der Waals surface area contributed by atoms with Gasteiger partial charge in [-0.3, -0.25) is 4.79 Å². The number of rotatable bonds is 4. The molecule has 0 aliphatic carbocycles. The van der Waals surface area contributed by atoms with Crippen LogP contribution in [0.2, 0.25) is 10.0 Å². The number of morpholine rings is 1. The first-order valence-corrected chi connectivity index (χ1v) is 7.50. The predicted molar refractivity (Wildman–Crippen MR) is 84.4 cm³/mol. The van der Waals surface area contributed by atoms with Crippen LogP contribution in [0.5, 0.6) is 0 Å². The number of pyridine rings is 1. The Hall–Kier alpha value is -1.24. The molecule has 1 aromatic heterocycles. The zero-order valence-electron chi connectivity index (χ0n) is 11.9. The fourth-order valence-corrected chi connectivity index (χ4v) is 2.76. The molecule has 0 saturated carbocycles. The topological polar surface area (TPSA) is 66.5 Å². The molecule has 1 unspecified atom stereocenters. The number of carbonyl (C=O) groups is 1. The normalized spacial score (nSPS) is 18.5. The van der Waals surface area contributed by atoms with Crippen molar-refractivity contribution in [3.8, 4) is 0 Å². The van der Waals surface area contributed by atoms with E-state index in [0.29, 0.717) is 48.0 Å². The number of halogens is 2. The molecule has 0 radical (unpaired) electrons. The molecule has 0 aromatic carbocycles. The van der Waals surface area contributed by atoms with Crippen molar-refractivity contribution in [1.82, 2.24) is 10.3 Å². The highest BCUT2D eigenvalue weighted by molar-refractivity contribution is 6.37. The Bertz CT molecular complexity index is 527. The molecule has 1 aliphatic heterocycles. The van der Waals surface area contributed by atoms with E-state index in [4.69, 9.17) is 27.9 Å². The summed E-state index contributed by atoms with van der Waals surface area (Å²) >= 11 is 12.3. The van der Waals surface area contributed by atoms with Gasteiger partial charge in [0, 0.05) is 20.1 Å². The summed E-state index contributed by atoms with van der Waals surface area (Å²) in [6, 6.07) is 1.18. The molecular weight excluding hydrogens is 315 g/mol. The largest absolute Gasteiger partial charge is 0.377 e. The molecule has 2 rings (SSSR count). The second-order valence-corrected chi connectivity index (χ2v) is 5.37. The molecule has 2 heterocycles. The number of hydrogen-bond donors (Lipinski definition) is 2. The molecule has 1 atom stereocenters. The van der Waals surface area contributed by atoms with Gasteiger partial charge >= 0.3 is 0 Å². The summed E-state index contributed by atoms with van der Waals surface area (Å²) in [6.45, 7) is 3.80. The van der Waals surface area contributed by atoms with Gasteiger partial charge in [-0.25, -0.2) is 4.98 Å². The lowest BCUT2D eigenvalue weighted by Crippen LogP contribution is -2.54. The zero-order valence-corrected chi connectivity index (χ0v) is 13.5. The SMILES string of the molecule is CCNC(=O)C1COCCN1c1nc(NC)c(Cl)cc1Cl. The average molecular weight is 333 g/mol. The van der Waals surface area contributed by atoms with E-state index in [1.807, 2.05) is 11.8 Å². The van der Waals surface area contributed by atoms with E-state index in [-0.39, 0.29) is 5.91 Å². The fourth-order valence-electron chi connectivity index (χ4n) is 2.20. The van der Waals surface area contributed by atoms with Crippen LogP contribution in [-0.4, -0.2) is 50.3 Å². The van der Waals surface area contributed by atoms with Gasteiger partial charge in [-0.05, 0) is 13.0 Å². The lowest BCUT2D eigenvalue weighted by Gasteiger charge is -2.36. The number of amides is 1. The molecule has 0 spiro atoms. The van der Waals surface area contributed by atoms with Gasteiger partial charge in [-0.15, -0.1) is 0 Å². The summed E-state index contributed by atoms with van der Waals surface area (Å²) in [7, 11) is 1.73. The molecule has 1 saturated heterocycles. The smallest absolute Gasteiger partial charge is 0.245 e. The van der Waals surface area contributed by atoms with E-state index in [0.717, 1.165) is 0 Å². The van der Waals surface area contributed by atoms with Crippen molar-refractivity contribution in [2.45, 2.75) is 13.0 Å². The van der Waals surface area contributed by atoms with Crippen molar-refractivity contribution in [3.05, 3.63) is 16.1 Å². The second-order valence-electron chi connectivity index (χ2n) is 4.55. The minimum Gasteiger partial charge on any atom is -0.377 e. The van der Waals surface area contributed by atoms with Crippen LogP contribution in [0.15, 0.2) is 6.07 Å². The average Bonchev–Trinajstić information content (AvgIpc) is 2.48. The maximum Gasteiger partial charge on any atom is 0.245 e. The van der Waals surface area contributed by atoms with Crippen LogP contribution in [0.3, 0.4) is 0 Å². The summed E-state index contributed by atoms with van der Waals surface area (Å²) in [5, 5.41) is 6.56. The highest BCUT2D eigenvalue weighted by atomic mass is 35.5. The van der Waals surface area contributed by atoms with Gasteiger partial charge in [0.25, 0.3) is 0 Å². The van der Waals surface area contributed by atoms with Gasteiger partial charge in [0.2, 0.25) is 5.91 Å². The van der Waals surface area contributed by atoms with Crippen LogP contribution in [0.1, 0.15) is 6.92 Å². The van der Waals surface area contributed by atoms with Crippen molar-refractivity contribution in [2.24, 2.45) is 0 Å². The third kappa shape index (κ3) is 3.51. The maximum absolute atomic E-state index is 12.2. The highest BCUT2D eigenvalue weighted by Gasteiger charge is 2.31. The van der Waals surface area contributed by atoms with Crippen molar-refractivity contribution in [1.29, 1.82) is 0 Å². The predicted octanol–water partition coefficient (Wildman–Crippen LogP) is 1.77. The Morgan fingerprint density at radius 2 is 2.29 bits per heavy atom. The standard InChI is InChI=1S/C13H18Cl2N4O2/c1-3-17-13(20)10-7-21-5-4-19(10)12-9(15)6-8(14)11(16-2)18-12/h6,10H,3-5,7H2,1-2H3,(H,16,18)(H,17,20). The monoisotopic (exact) mass is 332 g/mol. The summed E-state index contributed by atoms with van der Waals surface area (Å²) in [5.41, 5.74) is 0. The third-order valence-corrected chi connectivity index (χ3v) is 3.77. The quantitative estimate of drug-likeness (QED) is 0.879. The van der Waals surface area contributed by atoms with Gasteiger partial charge in [-0.1, -0.05) is 23.2 Å². The first kappa shape index (κ1) is 16.1. The number of anilines is 2. The van der Waals surface area contributed by atoms with Gasteiger partial charge in [0.05, 0.1) is 23.3 Å². The van der Waals surface area contributed by atoms with E-state index in [1.165, 1.54) is 0 Å². The van der Waals surface area contributed by atoms with Crippen molar-refractivity contribution in [2.75, 3.05) is 43.6 Å². The van der Waals surface area contributed by atoms with Gasteiger partial charge in [0.1, 0.15) is 11.9 Å². The first-order chi connectivity index (χ1) is 10.1. The third-order valence-electron chi connectivity index (χ3n) is 3.20. The molecule has 1 aromatic rings. The summed E-state index contributed by atoms with van der Waals surface area (Å²) < 4.78 is 5.41. The molecule has 116 valence electrons. The summed E-state index contributed by atoms with van der Waals surface area (Å²) in [5.74, 6) is 0.957. The Morgan fingerprint density at radius 1 is 1.52 bits per heavy atom. The Morgan fingerprint density at radius 3 is 2.95 bits per heavy atom. The molecule has 21 heavy (non-hydrogen) atoms. The Kier molecular flexibility index (Phi) is 5.50. The van der Waals surface area contributed by atoms with Crippen LogP contribution >= 0.6 is 23.2 Å². The minimum absolute atomic E-state index is 0.101. The number of hydrogen-bond acceptors (Lipinski definition) is 5. The molecule has 1 amide bonds. The fraction of sp³-hybridized carbons (Fsp3) is 0.538.